The third kappa shape index (κ3) is 2.27. The van der Waals surface area contributed by atoms with Crippen LogP contribution in [-0.4, -0.2) is 28.8 Å². The number of pyridine rings is 1. The average molecular weight is 208 g/mol. The van der Waals surface area contributed by atoms with Gasteiger partial charge in [0.25, 0.3) is 0 Å². The molecule has 2 heterocycles. The summed E-state index contributed by atoms with van der Waals surface area (Å²) in [6, 6.07) is 2.14. The molecule has 1 aromatic heterocycles. The van der Waals surface area contributed by atoms with Crippen LogP contribution in [0.3, 0.4) is 0 Å². The zero-order chi connectivity index (χ0) is 10.7. The molecule has 1 saturated heterocycles. The first-order valence-electron chi connectivity index (χ1n) is 5.23. The minimum atomic E-state index is 0.0345. The van der Waals surface area contributed by atoms with Gasteiger partial charge in [-0.25, -0.2) is 0 Å². The zero-order valence-electron chi connectivity index (χ0n) is 8.81. The number of aliphatic hydroxyl groups excluding tert-OH is 1. The van der Waals surface area contributed by atoms with Crippen molar-refractivity contribution in [3.05, 3.63) is 24.0 Å². The third-order valence-corrected chi connectivity index (χ3v) is 2.80. The summed E-state index contributed by atoms with van der Waals surface area (Å²) in [6.07, 6.45) is 4.65. The highest BCUT2D eigenvalue weighted by molar-refractivity contribution is 5.49. The van der Waals surface area contributed by atoms with Gasteiger partial charge < -0.3 is 15.2 Å². The van der Waals surface area contributed by atoms with Crippen molar-refractivity contribution in [2.24, 2.45) is 0 Å². The molecule has 0 amide bonds. The summed E-state index contributed by atoms with van der Waals surface area (Å²) in [4.78, 5) is 4.05. The van der Waals surface area contributed by atoms with Gasteiger partial charge in [-0.05, 0) is 19.4 Å². The minimum Gasteiger partial charge on any atom is -0.392 e. The Morgan fingerprint density at radius 2 is 2.53 bits per heavy atom. The number of anilines is 1. The van der Waals surface area contributed by atoms with E-state index >= 15 is 0 Å². The number of rotatable bonds is 3. The predicted molar refractivity (Wildman–Crippen MR) is 57.6 cm³/mol. The van der Waals surface area contributed by atoms with Crippen LogP contribution in [0.15, 0.2) is 18.5 Å². The number of aliphatic hydroxyl groups is 1. The molecule has 0 aromatic carbocycles. The van der Waals surface area contributed by atoms with Crippen LogP contribution < -0.4 is 5.32 Å². The van der Waals surface area contributed by atoms with Gasteiger partial charge in [-0.1, -0.05) is 0 Å². The lowest BCUT2D eigenvalue weighted by molar-refractivity contribution is 0.121. The first-order valence-corrected chi connectivity index (χ1v) is 5.23. The molecule has 1 fully saturated rings. The number of hydrogen-bond acceptors (Lipinski definition) is 4. The normalized spacial score (nSPS) is 25.5. The average Bonchev–Trinajstić information content (AvgIpc) is 2.65. The monoisotopic (exact) mass is 208 g/mol. The fourth-order valence-corrected chi connectivity index (χ4v) is 1.81. The largest absolute Gasteiger partial charge is 0.392 e. The SMILES string of the molecule is CC1OCCC1Nc1cnccc1CO. The second-order valence-corrected chi connectivity index (χ2v) is 3.81. The van der Waals surface area contributed by atoms with Gasteiger partial charge in [0.2, 0.25) is 0 Å². The molecule has 0 spiro atoms. The summed E-state index contributed by atoms with van der Waals surface area (Å²) in [5, 5.41) is 12.5. The van der Waals surface area contributed by atoms with Crippen LogP contribution in [0.25, 0.3) is 0 Å². The van der Waals surface area contributed by atoms with Crippen molar-refractivity contribution in [2.45, 2.75) is 32.1 Å². The van der Waals surface area contributed by atoms with E-state index in [2.05, 4.69) is 17.2 Å². The van der Waals surface area contributed by atoms with Crippen LogP contribution in [-0.2, 0) is 11.3 Å². The van der Waals surface area contributed by atoms with Crippen LogP contribution in [0.5, 0.6) is 0 Å². The molecule has 0 radical (unpaired) electrons. The number of aromatic nitrogens is 1. The van der Waals surface area contributed by atoms with Crippen molar-refractivity contribution < 1.29 is 9.84 Å². The molecular formula is C11H16N2O2. The quantitative estimate of drug-likeness (QED) is 0.782. The van der Waals surface area contributed by atoms with E-state index in [4.69, 9.17) is 9.84 Å². The van der Waals surface area contributed by atoms with E-state index < -0.39 is 0 Å². The topological polar surface area (TPSA) is 54.4 Å². The van der Waals surface area contributed by atoms with Crippen molar-refractivity contribution >= 4 is 5.69 Å². The maximum Gasteiger partial charge on any atom is 0.0748 e. The van der Waals surface area contributed by atoms with E-state index in [0.717, 1.165) is 24.3 Å². The number of nitrogens with zero attached hydrogens (tertiary/aromatic N) is 1. The smallest absolute Gasteiger partial charge is 0.0748 e. The zero-order valence-corrected chi connectivity index (χ0v) is 8.81. The molecule has 4 heteroatoms. The van der Waals surface area contributed by atoms with Crippen LogP contribution >= 0.6 is 0 Å². The Bertz CT molecular complexity index is 330. The fourth-order valence-electron chi connectivity index (χ4n) is 1.81. The first kappa shape index (κ1) is 10.4. The van der Waals surface area contributed by atoms with E-state index in [-0.39, 0.29) is 12.7 Å². The van der Waals surface area contributed by atoms with Crippen molar-refractivity contribution in [1.29, 1.82) is 0 Å². The van der Waals surface area contributed by atoms with E-state index in [1.807, 2.05) is 6.07 Å². The maximum absolute atomic E-state index is 9.16. The first-order chi connectivity index (χ1) is 7.31. The van der Waals surface area contributed by atoms with Crippen LogP contribution in [0.2, 0.25) is 0 Å². The molecule has 1 aromatic rings. The third-order valence-electron chi connectivity index (χ3n) is 2.80. The lowest BCUT2D eigenvalue weighted by Gasteiger charge is -2.18. The predicted octanol–water partition coefficient (Wildman–Crippen LogP) is 1.16. The standard InChI is InChI=1S/C11H16N2O2/c1-8-10(3-5-15-8)13-11-6-12-4-2-9(11)7-14/h2,4,6,8,10,13-14H,3,5,7H2,1H3. The van der Waals surface area contributed by atoms with Crippen molar-refractivity contribution in [3.63, 3.8) is 0 Å². The number of nitrogens with one attached hydrogen (secondary N) is 1. The van der Waals surface area contributed by atoms with Crippen LogP contribution in [0, 0.1) is 0 Å². The molecule has 0 aliphatic carbocycles. The summed E-state index contributed by atoms with van der Waals surface area (Å²) in [7, 11) is 0. The Kier molecular flexibility index (Phi) is 3.18. The molecule has 4 nitrogen and oxygen atoms in total. The summed E-state index contributed by atoms with van der Waals surface area (Å²) in [5.74, 6) is 0. The molecule has 2 N–H and O–H groups in total. The molecule has 1 aliphatic rings. The van der Waals surface area contributed by atoms with Gasteiger partial charge in [0, 0.05) is 18.4 Å². The molecule has 15 heavy (non-hydrogen) atoms. The van der Waals surface area contributed by atoms with Crippen molar-refractivity contribution in [3.8, 4) is 0 Å². The van der Waals surface area contributed by atoms with Gasteiger partial charge in [-0.2, -0.15) is 0 Å². The van der Waals surface area contributed by atoms with E-state index in [0.29, 0.717) is 6.04 Å². The van der Waals surface area contributed by atoms with Gasteiger partial charge >= 0.3 is 0 Å². The van der Waals surface area contributed by atoms with Crippen LogP contribution in [0.4, 0.5) is 5.69 Å². The van der Waals surface area contributed by atoms with E-state index in [1.54, 1.807) is 12.4 Å². The molecular weight excluding hydrogens is 192 g/mol. The van der Waals surface area contributed by atoms with Gasteiger partial charge in [-0.3, -0.25) is 4.98 Å². The van der Waals surface area contributed by atoms with Crippen molar-refractivity contribution in [2.75, 3.05) is 11.9 Å². The molecule has 1 aliphatic heterocycles. The van der Waals surface area contributed by atoms with Gasteiger partial charge in [0.15, 0.2) is 0 Å². The van der Waals surface area contributed by atoms with E-state index in [9.17, 15) is 0 Å². The molecule has 2 unspecified atom stereocenters. The molecule has 2 rings (SSSR count). The van der Waals surface area contributed by atoms with Gasteiger partial charge in [0.05, 0.1) is 30.6 Å². The summed E-state index contributed by atoms with van der Waals surface area (Å²) in [6.45, 7) is 2.89. The number of ether oxygens (including phenoxy) is 1. The summed E-state index contributed by atoms with van der Waals surface area (Å²) >= 11 is 0. The second-order valence-electron chi connectivity index (χ2n) is 3.81. The highest BCUT2D eigenvalue weighted by Crippen LogP contribution is 2.20. The van der Waals surface area contributed by atoms with Gasteiger partial charge in [-0.15, -0.1) is 0 Å². The van der Waals surface area contributed by atoms with Gasteiger partial charge in [0.1, 0.15) is 0 Å². The highest BCUT2D eigenvalue weighted by atomic mass is 16.5. The molecule has 0 bridgehead atoms. The Morgan fingerprint density at radius 3 is 3.20 bits per heavy atom. The van der Waals surface area contributed by atoms with Crippen LogP contribution in [0.1, 0.15) is 18.9 Å². The Morgan fingerprint density at radius 1 is 1.67 bits per heavy atom. The van der Waals surface area contributed by atoms with E-state index in [1.165, 1.54) is 0 Å². The Labute approximate surface area is 89.3 Å². The molecule has 0 saturated carbocycles. The molecule has 2 atom stereocenters. The summed E-state index contributed by atoms with van der Waals surface area (Å²) in [5.41, 5.74) is 1.78. The Hall–Kier alpha value is -1.13. The summed E-state index contributed by atoms with van der Waals surface area (Å²) < 4.78 is 5.47. The lowest BCUT2D eigenvalue weighted by atomic mass is 10.1. The fraction of sp³-hybridized carbons (Fsp3) is 0.545. The second kappa shape index (κ2) is 4.59. The lowest BCUT2D eigenvalue weighted by Crippen LogP contribution is -2.27. The molecule has 82 valence electrons. The maximum atomic E-state index is 9.16. The highest BCUT2D eigenvalue weighted by Gasteiger charge is 2.24. The van der Waals surface area contributed by atoms with Crippen molar-refractivity contribution in [1.82, 2.24) is 4.98 Å². The Balaban J connectivity index is 2.09. The minimum absolute atomic E-state index is 0.0345. The number of hydrogen-bond donors (Lipinski definition) is 2.